The van der Waals surface area contributed by atoms with Gasteiger partial charge in [-0.2, -0.15) is 0 Å². The zero-order chi connectivity index (χ0) is 12.1. The maximum absolute atomic E-state index is 11.8. The highest BCUT2D eigenvalue weighted by Gasteiger charge is 2.22. The lowest BCUT2D eigenvalue weighted by Crippen LogP contribution is -2.31. The maximum atomic E-state index is 11.8. The highest BCUT2D eigenvalue weighted by molar-refractivity contribution is 5.76. The first-order chi connectivity index (χ1) is 8.25. The number of hydrogen-bond donors (Lipinski definition) is 1. The average molecular weight is 233 g/mol. The van der Waals surface area contributed by atoms with E-state index in [9.17, 15) is 4.79 Å². The van der Waals surface area contributed by atoms with Gasteiger partial charge in [-0.3, -0.25) is 9.78 Å². The maximum Gasteiger partial charge on any atom is 0.222 e. The second-order valence-corrected chi connectivity index (χ2v) is 4.56. The lowest BCUT2D eigenvalue weighted by Gasteiger charge is -2.15. The molecular formula is C13H19N3O. The lowest BCUT2D eigenvalue weighted by atomic mass is 10.1. The predicted octanol–water partition coefficient (Wildman–Crippen LogP) is 0.964. The summed E-state index contributed by atoms with van der Waals surface area (Å²) in [4.78, 5) is 17.9. The Bertz CT molecular complexity index is 366. The third kappa shape index (κ3) is 3.53. The Morgan fingerprint density at radius 1 is 1.53 bits per heavy atom. The van der Waals surface area contributed by atoms with E-state index in [0.29, 0.717) is 6.42 Å². The van der Waals surface area contributed by atoms with Crippen LogP contribution < -0.4 is 5.73 Å². The molecule has 0 saturated carbocycles. The molecule has 1 unspecified atom stereocenters. The van der Waals surface area contributed by atoms with Crippen molar-refractivity contribution in [2.75, 3.05) is 13.1 Å². The van der Waals surface area contributed by atoms with Crippen molar-refractivity contribution >= 4 is 5.91 Å². The van der Waals surface area contributed by atoms with Crippen molar-refractivity contribution in [3.8, 4) is 0 Å². The fourth-order valence-corrected chi connectivity index (χ4v) is 2.14. The molecule has 4 nitrogen and oxygen atoms in total. The van der Waals surface area contributed by atoms with Crippen molar-refractivity contribution < 1.29 is 4.79 Å². The van der Waals surface area contributed by atoms with Gasteiger partial charge in [-0.15, -0.1) is 0 Å². The molecule has 1 fully saturated rings. The van der Waals surface area contributed by atoms with E-state index in [2.05, 4.69) is 4.98 Å². The molecule has 1 aliphatic rings. The summed E-state index contributed by atoms with van der Waals surface area (Å²) in [5.41, 5.74) is 6.83. The van der Waals surface area contributed by atoms with Gasteiger partial charge < -0.3 is 10.6 Å². The number of hydrogen-bond acceptors (Lipinski definition) is 3. The van der Waals surface area contributed by atoms with Crippen LogP contribution in [0.25, 0.3) is 0 Å². The summed E-state index contributed by atoms with van der Waals surface area (Å²) < 4.78 is 0. The zero-order valence-corrected chi connectivity index (χ0v) is 10.0. The summed E-state index contributed by atoms with van der Waals surface area (Å²) in [5.74, 6) is 0.230. The van der Waals surface area contributed by atoms with Gasteiger partial charge in [-0.1, -0.05) is 6.07 Å². The van der Waals surface area contributed by atoms with Crippen LogP contribution >= 0.6 is 0 Å². The van der Waals surface area contributed by atoms with E-state index in [0.717, 1.165) is 38.0 Å². The number of aryl methyl sites for hydroxylation is 1. The van der Waals surface area contributed by atoms with Crippen LogP contribution in [0.3, 0.4) is 0 Å². The number of pyridine rings is 1. The fraction of sp³-hybridized carbons (Fsp3) is 0.538. The first-order valence-corrected chi connectivity index (χ1v) is 6.19. The van der Waals surface area contributed by atoms with Gasteiger partial charge in [0.1, 0.15) is 0 Å². The van der Waals surface area contributed by atoms with Crippen LogP contribution in [0, 0.1) is 0 Å². The van der Waals surface area contributed by atoms with Crippen molar-refractivity contribution in [1.29, 1.82) is 0 Å². The Morgan fingerprint density at radius 3 is 3.06 bits per heavy atom. The van der Waals surface area contributed by atoms with Crippen LogP contribution in [0.15, 0.2) is 24.4 Å². The van der Waals surface area contributed by atoms with Crippen LogP contribution in [0.1, 0.15) is 25.0 Å². The van der Waals surface area contributed by atoms with Crippen molar-refractivity contribution in [2.24, 2.45) is 5.73 Å². The van der Waals surface area contributed by atoms with E-state index in [1.165, 1.54) is 0 Å². The summed E-state index contributed by atoms with van der Waals surface area (Å²) >= 11 is 0. The molecular weight excluding hydrogens is 214 g/mol. The molecule has 1 aliphatic heterocycles. The smallest absolute Gasteiger partial charge is 0.222 e. The minimum absolute atomic E-state index is 0.176. The van der Waals surface area contributed by atoms with Crippen LogP contribution in [0.2, 0.25) is 0 Å². The molecule has 2 heterocycles. The van der Waals surface area contributed by atoms with Crippen molar-refractivity contribution in [2.45, 2.75) is 31.7 Å². The molecule has 2 rings (SSSR count). The van der Waals surface area contributed by atoms with E-state index in [4.69, 9.17) is 5.73 Å². The fourth-order valence-electron chi connectivity index (χ4n) is 2.14. The van der Waals surface area contributed by atoms with Gasteiger partial charge in [0.2, 0.25) is 5.91 Å². The SMILES string of the molecule is NC1CCN(C(=O)CCCc2ccccn2)C1. The van der Waals surface area contributed by atoms with E-state index >= 15 is 0 Å². The Hall–Kier alpha value is -1.42. The summed E-state index contributed by atoms with van der Waals surface area (Å²) in [6.45, 7) is 1.55. The molecule has 1 amide bonds. The number of rotatable bonds is 4. The molecule has 1 aromatic heterocycles. The molecule has 1 aromatic rings. The van der Waals surface area contributed by atoms with Crippen LogP contribution in [-0.2, 0) is 11.2 Å². The zero-order valence-electron chi connectivity index (χ0n) is 10.0. The van der Waals surface area contributed by atoms with Gasteiger partial charge in [-0.05, 0) is 31.4 Å². The van der Waals surface area contributed by atoms with Gasteiger partial charge in [0.25, 0.3) is 0 Å². The molecule has 0 spiro atoms. The van der Waals surface area contributed by atoms with Gasteiger partial charge in [0.05, 0.1) is 0 Å². The Morgan fingerprint density at radius 2 is 2.41 bits per heavy atom. The molecule has 17 heavy (non-hydrogen) atoms. The molecule has 92 valence electrons. The summed E-state index contributed by atoms with van der Waals surface area (Å²) in [6.07, 6.45) is 5.06. The second-order valence-electron chi connectivity index (χ2n) is 4.56. The van der Waals surface area contributed by atoms with Crippen LogP contribution in [0.4, 0.5) is 0 Å². The third-order valence-corrected chi connectivity index (χ3v) is 3.13. The van der Waals surface area contributed by atoms with Crippen molar-refractivity contribution in [1.82, 2.24) is 9.88 Å². The number of nitrogens with zero attached hydrogens (tertiary/aromatic N) is 2. The molecule has 2 N–H and O–H groups in total. The third-order valence-electron chi connectivity index (χ3n) is 3.13. The molecule has 0 radical (unpaired) electrons. The van der Waals surface area contributed by atoms with E-state index < -0.39 is 0 Å². The number of carbonyl (C=O) groups excluding carboxylic acids is 1. The minimum atomic E-state index is 0.176. The number of likely N-dealkylation sites (tertiary alicyclic amines) is 1. The highest BCUT2D eigenvalue weighted by Crippen LogP contribution is 2.10. The van der Waals surface area contributed by atoms with Gasteiger partial charge in [0.15, 0.2) is 0 Å². The molecule has 0 aromatic carbocycles. The topological polar surface area (TPSA) is 59.2 Å². The van der Waals surface area contributed by atoms with Crippen LogP contribution in [0.5, 0.6) is 0 Å². The Kier molecular flexibility index (Phi) is 4.09. The van der Waals surface area contributed by atoms with Gasteiger partial charge >= 0.3 is 0 Å². The first kappa shape index (κ1) is 12.0. The number of amides is 1. The van der Waals surface area contributed by atoms with E-state index in [-0.39, 0.29) is 11.9 Å². The number of nitrogens with two attached hydrogens (primary N) is 1. The summed E-state index contributed by atoms with van der Waals surface area (Å²) in [6, 6.07) is 6.05. The second kappa shape index (κ2) is 5.77. The van der Waals surface area contributed by atoms with Gasteiger partial charge in [-0.25, -0.2) is 0 Å². The summed E-state index contributed by atoms with van der Waals surface area (Å²) in [7, 11) is 0. The largest absolute Gasteiger partial charge is 0.341 e. The van der Waals surface area contributed by atoms with Crippen molar-refractivity contribution in [3.05, 3.63) is 30.1 Å². The average Bonchev–Trinajstić information content (AvgIpc) is 2.77. The predicted molar refractivity (Wildman–Crippen MR) is 66.3 cm³/mol. The molecule has 0 aliphatic carbocycles. The monoisotopic (exact) mass is 233 g/mol. The molecule has 1 saturated heterocycles. The van der Waals surface area contributed by atoms with E-state index in [1.54, 1.807) is 6.20 Å². The molecule has 0 bridgehead atoms. The Labute approximate surface area is 102 Å². The van der Waals surface area contributed by atoms with Gasteiger partial charge in [0, 0.05) is 37.4 Å². The van der Waals surface area contributed by atoms with Crippen molar-refractivity contribution in [3.63, 3.8) is 0 Å². The summed E-state index contributed by atoms with van der Waals surface area (Å²) in [5, 5.41) is 0. The highest BCUT2D eigenvalue weighted by atomic mass is 16.2. The number of aromatic nitrogens is 1. The molecule has 1 atom stereocenters. The normalized spacial score (nSPS) is 19.6. The lowest BCUT2D eigenvalue weighted by molar-refractivity contribution is -0.130. The minimum Gasteiger partial charge on any atom is -0.341 e. The first-order valence-electron chi connectivity index (χ1n) is 6.19. The van der Waals surface area contributed by atoms with Crippen LogP contribution in [-0.4, -0.2) is 34.9 Å². The molecule has 4 heteroatoms. The Balaban J connectivity index is 1.70. The standard InChI is InChI=1S/C13H19N3O/c14-11-7-9-16(10-11)13(17)6-3-5-12-4-1-2-8-15-12/h1-2,4,8,11H,3,5-7,9-10,14H2. The van der Waals surface area contributed by atoms with E-state index in [1.807, 2.05) is 23.1 Å². The quantitative estimate of drug-likeness (QED) is 0.842. The number of carbonyl (C=O) groups is 1.